The minimum Gasteiger partial charge on any atom is -0.468 e. The summed E-state index contributed by atoms with van der Waals surface area (Å²) in [4.78, 5) is 17.5. The van der Waals surface area contributed by atoms with Gasteiger partial charge in [-0.2, -0.15) is 0 Å². The fraction of sp³-hybridized carbons (Fsp3) is 0.318. The molecule has 1 aliphatic carbocycles. The first kappa shape index (κ1) is 15.6. The van der Waals surface area contributed by atoms with Gasteiger partial charge in [0.2, 0.25) is 0 Å². The summed E-state index contributed by atoms with van der Waals surface area (Å²) in [5, 5.41) is 2.44. The number of nitrogens with zero attached hydrogens (tertiary/aromatic N) is 2. The molecule has 1 aliphatic heterocycles. The third-order valence-electron chi connectivity index (χ3n) is 5.73. The molecule has 2 aromatic carbocycles. The van der Waals surface area contributed by atoms with E-state index in [2.05, 4.69) is 29.2 Å². The van der Waals surface area contributed by atoms with Gasteiger partial charge >= 0.3 is 0 Å². The summed E-state index contributed by atoms with van der Waals surface area (Å²) in [7, 11) is 0. The van der Waals surface area contributed by atoms with Crippen molar-refractivity contribution in [3.05, 3.63) is 71.2 Å². The highest BCUT2D eigenvalue weighted by molar-refractivity contribution is 6.09. The van der Waals surface area contributed by atoms with Gasteiger partial charge in [-0.1, -0.05) is 24.3 Å². The van der Waals surface area contributed by atoms with Crippen LogP contribution in [0.3, 0.4) is 0 Å². The fourth-order valence-electron chi connectivity index (χ4n) is 4.34. The fourth-order valence-corrected chi connectivity index (χ4v) is 4.34. The number of hydrogen-bond donors (Lipinski definition) is 0. The molecular weight excluding hydrogens is 324 g/mol. The van der Waals surface area contributed by atoms with Crippen molar-refractivity contribution in [3.63, 3.8) is 0 Å². The highest BCUT2D eigenvalue weighted by Gasteiger charge is 2.25. The topological polar surface area (TPSA) is 36.7 Å². The molecule has 26 heavy (non-hydrogen) atoms. The maximum absolute atomic E-state index is 13.2. The Balaban J connectivity index is 1.35. The van der Waals surface area contributed by atoms with E-state index in [9.17, 15) is 4.79 Å². The Morgan fingerprint density at radius 1 is 0.923 bits per heavy atom. The second-order valence-corrected chi connectivity index (χ2v) is 7.26. The zero-order valence-corrected chi connectivity index (χ0v) is 14.8. The zero-order chi connectivity index (χ0) is 17.5. The second kappa shape index (κ2) is 6.29. The first-order valence-electron chi connectivity index (χ1n) is 9.37. The maximum atomic E-state index is 13.2. The Kier molecular flexibility index (Phi) is 3.79. The van der Waals surface area contributed by atoms with E-state index >= 15 is 0 Å². The summed E-state index contributed by atoms with van der Waals surface area (Å²) >= 11 is 0. The molecule has 132 valence electrons. The molecule has 2 aliphatic rings. The molecule has 4 heteroatoms. The number of aryl methyl sites for hydroxylation is 2. The standard InChI is InChI=1S/C22H22N2O2/c25-22(24-12-10-23(11-13-24)15-18-4-2-14-26-18)20-9-8-17-7-6-16-3-1-5-19(20)21(16)17/h1-5,8-9,14H,6-7,10-13,15H2. The van der Waals surface area contributed by atoms with Gasteiger partial charge in [-0.05, 0) is 52.9 Å². The summed E-state index contributed by atoms with van der Waals surface area (Å²) in [6, 6.07) is 14.5. The molecule has 5 rings (SSSR count). The molecule has 0 atom stereocenters. The number of hydrogen-bond acceptors (Lipinski definition) is 3. The van der Waals surface area contributed by atoms with Gasteiger partial charge in [-0.15, -0.1) is 0 Å². The summed E-state index contributed by atoms with van der Waals surface area (Å²) in [6.07, 6.45) is 3.90. The maximum Gasteiger partial charge on any atom is 0.254 e. The average molecular weight is 346 g/mol. The van der Waals surface area contributed by atoms with E-state index in [0.717, 1.165) is 62.3 Å². The van der Waals surface area contributed by atoms with Gasteiger partial charge in [-0.25, -0.2) is 0 Å². The smallest absolute Gasteiger partial charge is 0.254 e. The highest BCUT2D eigenvalue weighted by atomic mass is 16.3. The number of amides is 1. The lowest BCUT2D eigenvalue weighted by Gasteiger charge is -2.34. The van der Waals surface area contributed by atoms with Gasteiger partial charge < -0.3 is 9.32 Å². The van der Waals surface area contributed by atoms with Crippen molar-refractivity contribution in [2.24, 2.45) is 0 Å². The summed E-state index contributed by atoms with van der Waals surface area (Å²) in [6.45, 7) is 4.11. The normalized spacial score (nSPS) is 17.2. The molecule has 1 saturated heterocycles. The van der Waals surface area contributed by atoms with Crippen LogP contribution in [0.4, 0.5) is 0 Å². The molecule has 0 radical (unpaired) electrons. The van der Waals surface area contributed by atoms with Crippen LogP contribution in [-0.4, -0.2) is 41.9 Å². The Morgan fingerprint density at radius 3 is 2.50 bits per heavy atom. The molecule has 0 unspecified atom stereocenters. The molecule has 0 saturated carbocycles. The molecule has 1 fully saturated rings. The van der Waals surface area contributed by atoms with Crippen molar-refractivity contribution in [3.8, 4) is 0 Å². The van der Waals surface area contributed by atoms with Crippen molar-refractivity contribution >= 4 is 16.7 Å². The Bertz CT molecular complexity index is 943. The van der Waals surface area contributed by atoms with Crippen molar-refractivity contribution in [1.82, 2.24) is 9.80 Å². The van der Waals surface area contributed by atoms with Gasteiger partial charge in [0, 0.05) is 31.7 Å². The van der Waals surface area contributed by atoms with Crippen LogP contribution in [0.2, 0.25) is 0 Å². The van der Waals surface area contributed by atoms with Crippen LogP contribution in [-0.2, 0) is 19.4 Å². The highest BCUT2D eigenvalue weighted by Crippen LogP contribution is 2.33. The quantitative estimate of drug-likeness (QED) is 0.728. The molecule has 1 amide bonds. The van der Waals surface area contributed by atoms with Crippen LogP contribution in [0.25, 0.3) is 10.8 Å². The molecule has 2 heterocycles. The number of rotatable bonds is 3. The van der Waals surface area contributed by atoms with E-state index in [-0.39, 0.29) is 5.91 Å². The lowest BCUT2D eigenvalue weighted by Crippen LogP contribution is -2.48. The van der Waals surface area contributed by atoms with E-state index in [4.69, 9.17) is 4.42 Å². The predicted molar refractivity (Wildman–Crippen MR) is 101 cm³/mol. The van der Waals surface area contributed by atoms with E-state index in [0.29, 0.717) is 0 Å². The van der Waals surface area contributed by atoms with Crippen molar-refractivity contribution in [1.29, 1.82) is 0 Å². The van der Waals surface area contributed by atoms with Crippen LogP contribution < -0.4 is 0 Å². The number of carbonyl (C=O) groups is 1. The second-order valence-electron chi connectivity index (χ2n) is 7.26. The lowest BCUT2D eigenvalue weighted by atomic mass is 9.99. The molecule has 0 N–H and O–H groups in total. The van der Waals surface area contributed by atoms with Crippen LogP contribution >= 0.6 is 0 Å². The van der Waals surface area contributed by atoms with Gasteiger partial charge in [-0.3, -0.25) is 9.69 Å². The van der Waals surface area contributed by atoms with Gasteiger partial charge in [0.1, 0.15) is 5.76 Å². The van der Waals surface area contributed by atoms with Crippen molar-refractivity contribution in [2.45, 2.75) is 19.4 Å². The molecular formula is C22H22N2O2. The van der Waals surface area contributed by atoms with Gasteiger partial charge in [0.15, 0.2) is 0 Å². The van der Waals surface area contributed by atoms with E-state index in [1.54, 1.807) is 6.26 Å². The minimum absolute atomic E-state index is 0.165. The molecule has 4 nitrogen and oxygen atoms in total. The predicted octanol–water partition coefficient (Wildman–Crippen LogP) is 3.49. The van der Waals surface area contributed by atoms with Crippen molar-refractivity contribution < 1.29 is 9.21 Å². The monoisotopic (exact) mass is 346 g/mol. The van der Waals surface area contributed by atoms with E-state index < -0.39 is 0 Å². The first-order valence-corrected chi connectivity index (χ1v) is 9.37. The number of benzene rings is 2. The molecule has 3 aromatic rings. The van der Waals surface area contributed by atoms with Crippen LogP contribution in [0.5, 0.6) is 0 Å². The van der Waals surface area contributed by atoms with Crippen molar-refractivity contribution in [2.75, 3.05) is 26.2 Å². The summed E-state index contributed by atoms with van der Waals surface area (Å²) in [5.74, 6) is 1.15. The SMILES string of the molecule is O=C(c1ccc2c3c(cccc13)CC2)N1CCN(Cc2ccco2)CC1. The third kappa shape index (κ3) is 2.61. The Morgan fingerprint density at radius 2 is 1.73 bits per heavy atom. The number of carbonyl (C=O) groups excluding carboxylic acids is 1. The van der Waals surface area contributed by atoms with E-state index in [1.165, 1.54) is 16.5 Å². The average Bonchev–Trinajstić information content (AvgIpc) is 3.34. The van der Waals surface area contributed by atoms with E-state index in [1.807, 2.05) is 23.1 Å². The van der Waals surface area contributed by atoms with Gasteiger partial charge in [0.05, 0.1) is 12.8 Å². The first-order chi connectivity index (χ1) is 12.8. The molecule has 1 aromatic heterocycles. The summed E-state index contributed by atoms with van der Waals surface area (Å²) < 4.78 is 5.43. The van der Waals surface area contributed by atoms with Crippen LogP contribution in [0.15, 0.2) is 53.1 Å². The Hall–Kier alpha value is -2.59. The van der Waals surface area contributed by atoms with Crippen LogP contribution in [0.1, 0.15) is 27.2 Å². The van der Waals surface area contributed by atoms with Gasteiger partial charge in [0.25, 0.3) is 5.91 Å². The Labute approximate surface area is 153 Å². The third-order valence-corrected chi connectivity index (χ3v) is 5.73. The van der Waals surface area contributed by atoms with Crippen LogP contribution in [0, 0.1) is 0 Å². The minimum atomic E-state index is 0.165. The zero-order valence-electron chi connectivity index (χ0n) is 14.8. The molecule has 0 spiro atoms. The number of piperazine rings is 1. The summed E-state index contributed by atoms with van der Waals surface area (Å²) in [5.41, 5.74) is 3.62. The number of furan rings is 1. The lowest BCUT2D eigenvalue weighted by molar-refractivity contribution is 0.0622. The largest absolute Gasteiger partial charge is 0.468 e. The molecule has 0 bridgehead atoms.